The second-order valence-electron chi connectivity index (χ2n) is 4.34. The van der Waals surface area contributed by atoms with Gasteiger partial charge < -0.3 is 15.4 Å². The Labute approximate surface area is 106 Å². The summed E-state index contributed by atoms with van der Waals surface area (Å²) in [6, 6.07) is 7.25. The number of benzene rings is 1. The number of hydrogen-bond donors (Lipinski definition) is 2. The van der Waals surface area contributed by atoms with Gasteiger partial charge in [0.2, 0.25) is 5.91 Å². The van der Waals surface area contributed by atoms with Crippen molar-refractivity contribution in [2.45, 2.75) is 25.8 Å². The van der Waals surface area contributed by atoms with Crippen molar-refractivity contribution in [2.75, 3.05) is 11.9 Å². The van der Waals surface area contributed by atoms with Crippen molar-refractivity contribution < 1.29 is 14.3 Å². The molecule has 1 aliphatic rings. The molecule has 0 heterocycles. The van der Waals surface area contributed by atoms with Gasteiger partial charge in [0.05, 0.1) is 0 Å². The maximum atomic E-state index is 11.4. The SMILES string of the molecule is CC(=O)Nc1ccc(OCC(=O)NC2CC2)cc1. The first-order valence-corrected chi connectivity index (χ1v) is 5.93. The molecular weight excluding hydrogens is 232 g/mol. The van der Waals surface area contributed by atoms with Gasteiger partial charge in [-0.1, -0.05) is 0 Å². The van der Waals surface area contributed by atoms with E-state index in [1.165, 1.54) is 6.92 Å². The minimum atomic E-state index is -0.118. The fourth-order valence-corrected chi connectivity index (χ4v) is 1.48. The summed E-state index contributed by atoms with van der Waals surface area (Å²) in [4.78, 5) is 22.2. The second-order valence-corrected chi connectivity index (χ2v) is 4.34. The van der Waals surface area contributed by atoms with E-state index in [1.54, 1.807) is 24.3 Å². The van der Waals surface area contributed by atoms with Crippen LogP contribution in [0.2, 0.25) is 0 Å². The minimum absolute atomic E-state index is 0.0238. The van der Waals surface area contributed by atoms with E-state index >= 15 is 0 Å². The molecule has 0 aliphatic heterocycles. The molecule has 0 bridgehead atoms. The molecule has 2 rings (SSSR count). The van der Waals surface area contributed by atoms with Gasteiger partial charge in [0, 0.05) is 18.7 Å². The number of nitrogens with one attached hydrogen (secondary N) is 2. The van der Waals surface area contributed by atoms with Gasteiger partial charge >= 0.3 is 0 Å². The zero-order valence-electron chi connectivity index (χ0n) is 10.2. The van der Waals surface area contributed by atoms with Crippen LogP contribution in [-0.4, -0.2) is 24.5 Å². The van der Waals surface area contributed by atoms with E-state index in [-0.39, 0.29) is 18.4 Å². The largest absolute Gasteiger partial charge is 0.484 e. The molecule has 1 fully saturated rings. The standard InChI is InChI=1S/C13H16N2O3/c1-9(16)14-10-4-6-12(7-5-10)18-8-13(17)15-11-2-3-11/h4-7,11H,2-3,8H2,1H3,(H,14,16)(H,15,17). The second kappa shape index (κ2) is 5.53. The van der Waals surface area contributed by atoms with Gasteiger partial charge in [0.15, 0.2) is 6.61 Å². The van der Waals surface area contributed by atoms with Gasteiger partial charge in [-0.05, 0) is 37.1 Å². The Morgan fingerprint density at radius 3 is 2.50 bits per heavy atom. The van der Waals surface area contributed by atoms with E-state index in [2.05, 4.69) is 10.6 Å². The summed E-state index contributed by atoms with van der Waals surface area (Å²) >= 11 is 0. The lowest BCUT2D eigenvalue weighted by Gasteiger charge is -2.07. The average molecular weight is 248 g/mol. The van der Waals surface area contributed by atoms with E-state index in [4.69, 9.17) is 4.74 Å². The van der Waals surface area contributed by atoms with Gasteiger partial charge in [-0.3, -0.25) is 9.59 Å². The maximum Gasteiger partial charge on any atom is 0.258 e. The highest BCUT2D eigenvalue weighted by atomic mass is 16.5. The Balaban J connectivity index is 1.78. The van der Waals surface area contributed by atoms with Crippen LogP contribution in [-0.2, 0) is 9.59 Å². The molecule has 0 aromatic heterocycles. The molecule has 1 aromatic rings. The lowest BCUT2D eigenvalue weighted by atomic mass is 10.3. The van der Waals surface area contributed by atoms with Gasteiger partial charge in [-0.25, -0.2) is 0 Å². The first kappa shape index (κ1) is 12.4. The van der Waals surface area contributed by atoms with Crippen LogP contribution < -0.4 is 15.4 Å². The van der Waals surface area contributed by atoms with Crippen LogP contribution in [0.3, 0.4) is 0 Å². The van der Waals surface area contributed by atoms with E-state index in [0.29, 0.717) is 17.5 Å². The Bertz CT molecular complexity index is 438. The van der Waals surface area contributed by atoms with Crippen molar-refractivity contribution in [1.82, 2.24) is 5.32 Å². The molecule has 0 atom stereocenters. The number of amides is 2. The fraction of sp³-hybridized carbons (Fsp3) is 0.385. The van der Waals surface area contributed by atoms with Crippen LogP contribution in [0.25, 0.3) is 0 Å². The molecule has 2 N–H and O–H groups in total. The number of ether oxygens (including phenoxy) is 1. The summed E-state index contributed by atoms with van der Waals surface area (Å²) in [5.74, 6) is 0.394. The normalized spacial score (nSPS) is 13.8. The van der Waals surface area contributed by atoms with Gasteiger partial charge in [0.1, 0.15) is 5.75 Å². The summed E-state index contributed by atoms with van der Waals surface area (Å²) in [5, 5.41) is 5.50. The number of hydrogen-bond acceptors (Lipinski definition) is 3. The summed E-state index contributed by atoms with van der Waals surface area (Å²) < 4.78 is 5.33. The highest BCUT2D eigenvalue weighted by Gasteiger charge is 2.23. The molecule has 0 spiro atoms. The summed E-state index contributed by atoms with van der Waals surface area (Å²) in [6.07, 6.45) is 2.13. The maximum absolute atomic E-state index is 11.4. The third-order valence-corrected chi connectivity index (χ3v) is 2.49. The smallest absolute Gasteiger partial charge is 0.258 e. The van der Waals surface area contributed by atoms with Gasteiger partial charge in [-0.15, -0.1) is 0 Å². The van der Waals surface area contributed by atoms with Crippen molar-refractivity contribution in [1.29, 1.82) is 0 Å². The molecule has 0 radical (unpaired) electrons. The molecule has 1 aliphatic carbocycles. The zero-order valence-corrected chi connectivity index (χ0v) is 10.2. The number of carbonyl (C=O) groups is 2. The van der Waals surface area contributed by atoms with E-state index in [1.807, 2.05) is 0 Å². The molecule has 96 valence electrons. The van der Waals surface area contributed by atoms with E-state index < -0.39 is 0 Å². The lowest BCUT2D eigenvalue weighted by Crippen LogP contribution is -2.30. The van der Waals surface area contributed by atoms with E-state index in [9.17, 15) is 9.59 Å². The lowest BCUT2D eigenvalue weighted by molar-refractivity contribution is -0.123. The third-order valence-electron chi connectivity index (χ3n) is 2.49. The third kappa shape index (κ3) is 4.08. The number of anilines is 1. The molecule has 18 heavy (non-hydrogen) atoms. The predicted octanol–water partition coefficient (Wildman–Crippen LogP) is 1.30. The topological polar surface area (TPSA) is 67.4 Å². The van der Waals surface area contributed by atoms with Crippen LogP contribution in [0, 0.1) is 0 Å². The Morgan fingerprint density at radius 1 is 1.28 bits per heavy atom. The molecule has 5 nitrogen and oxygen atoms in total. The Morgan fingerprint density at radius 2 is 1.94 bits per heavy atom. The van der Waals surface area contributed by atoms with Crippen LogP contribution in [0.1, 0.15) is 19.8 Å². The van der Waals surface area contributed by atoms with Crippen molar-refractivity contribution in [3.05, 3.63) is 24.3 Å². The monoisotopic (exact) mass is 248 g/mol. The fourth-order valence-electron chi connectivity index (χ4n) is 1.48. The molecule has 0 unspecified atom stereocenters. The molecule has 1 saturated carbocycles. The quantitative estimate of drug-likeness (QED) is 0.825. The van der Waals surface area contributed by atoms with Crippen molar-refractivity contribution in [3.8, 4) is 5.75 Å². The molecule has 5 heteroatoms. The molecule has 0 saturated heterocycles. The minimum Gasteiger partial charge on any atom is -0.484 e. The summed E-state index contributed by atoms with van der Waals surface area (Å²) in [5.41, 5.74) is 0.706. The Hall–Kier alpha value is -2.04. The summed E-state index contributed by atoms with van der Waals surface area (Å²) in [6.45, 7) is 1.47. The summed E-state index contributed by atoms with van der Waals surface area (Å²) in [7, 11) is 0. The van der Waals surface area contributed by atoms with Crippen molar-refractivity contribution in [3.63, 3.8) is 0 Å². The van der Waals surface area contributed by atoms with Gasteiger partial charge in [-0.2, -0.15) is 0 Å². The highest BCUT2D eigenvalue weighted by molar-refractivity contribution is 5.88. The Kier molecular flexibility index (Phi) is 3.82. The average Bonchev–Trinajstić information content (AvgIpc) is 3.11. The first-order valence-electron chi connectivity index (χ1n) is 5.93. The highest BCUT2D eigenvalue weighted by Crippen LogP contribution is 2.19. The van der Waals surface area contributed by atoms with Crippen molar-refractivity contribution >= 4 is 17.5 Å². The molecule has 1 aromatic carbocycles. The number of carbonyl (C=O) groups excluding carboxylic acids is 2. The molecule has 2 amide bonds. The van der Waals surface area contributed by atoms with Crippen molar-refractivity contribution in [2.24, 2.45) is 0 Å². The first-order chi connectivity index (χ1) is 8.63. The van der Waals surface area contributed by atoms with Crippen LogP contribution in [0.5, 0.6) is 5.75 Å². The number of rotatable bonds is 5. The van der Waals surface area contributed by atoms with E-state index in [0.717, 1.165) is 12.8 Å². The van der Waals surface area contributed by atoms with Gasteiger partial charge in [0.25, 0.3) is 5.91 Å². The zero-order chi connectivity index (χ0) is 13.0. The van der Waals surface area contributed by atoms with Crippen LogP contribution >= 0.6 is 0 Å². The molecular formula is C13H16N2O3. The van der Waals surface area contributed by atoms with Crippen LogP contribution in [0.15, 0.2) is 24.3 Å². The van der Waals surface area contributed by atoms with Crippen LogP contribution in [0.4, 0.5) is 5.69 Å². The predicted molar refractivity (Wildman–Crippen MR) is 67.4 cm³/mol.